The van der Waals surface area contributed by atoms with E-state index in [1.54, 1.807) is 0 Å². The van der Waals surface area contributed by atoms with E-state index >= 15 is 0 Å². The monoisotopic (exact) mass is 470 g/mol. The second-order valence-corrected chi connectivity index (χ2v) is 10.6. The van der Waals surface area contributed by atoms with Gasteiger partial charge in [-0.1, -0.05) is 23.2 Å². The van der Waals surface area contributed by atoms with Crippen molar-refractivity contribution < 1.29 is 25.6 Å². The molecular weight excluding hydrogens is 457 g/mol. The number of rotatable bonds is 4. The summed E-state index contributed by atoms with van der Waals surface area (Å²) in [4.78, 5) is -0.725. The highest BCUT2D eigenvalue weighted by molar-refractivity contribution is 7.89. The van der Waals surface area contributed by atoms with Gasteiger partial charge >= 0.3 is 0 Å². The number of halogens is 4. The number of piperazine rings is 1. The van der Waals surface area contributed by atoms with Crippen LogP contribution in [0.4, 0.5) is 8.78 Å². The van der Waals surface area contributed by atoms with Gasteiger partial charge in [-0.15, -0.1) is 0 Å². The maximum absolute atomic E-state index is 13.9. The first kappa shape index (κ1) is 21.4. The second-order valence-electron chi connectivity index (χ2n) is 5.96. The first-order valence-electron chi connectivity index (χ1n) is 7.94. The summed E-state index contributed by atoms with van der Waals surface area (Å²) in [5.41, 5.74) is 0. The molecule has 28 heavy (non-hydrogen) atoms. The lowest BCUT2D eigenvalue weighted by Gasteiger charge is -2.33. The van der Waals surface area contributed by atoms with Crippen molar-refractivity contribution >= 4 is 43.2 Å². The van der Waals surface area contributed by atoms with Crippen molar-refractivity contribution in [3.63, 3.8) is 0 Å². The fourth-order valence-electron chi connectivity index (χ4n) is 2.76. The fourth-order valence-corrected chi connectivity index (χ4v) is 6.04. The molecule has 2 aromatic carbocycles. The first-order valence-corrected chi connectivity index (χ1v) is 11.6. The van der Waals surface area contributed by atoms with Crippen molar-refractivity contribution in [3.05, 3.63) is 58.1 Å². The van der Waals surface area contributed by atoms with Gasteiger partial charge in [-0.3, -0.25) is 0 Å². The largest absolute Gasteiger partial charge is 0.246 e. The molecule has 0 radical (unpaired) electrons. The van der Waals surface area contributed by atoms with Crippen molar-refractivity contribution in [3.8, 4) is 0 Å². The summed E-state index contributed by atoms with van der Waals surface area (Å²) in [5.74, 6) is -2.10. The zero-order valence-electron chi connectivity index (χ0n) is 14.1. The highest BCUT2D eigenvalue weighted by Crippen LogP contribution is 2.28. The van der Waals surface area contributed by atoms with E-state index in [-0.39, 0.29) is 41.1 Å². The molecule has 0 atom stereocenters. The molecule has 0 N–H and O–H groups in total. The van der Waals surface area contributed by atoms with Crippen LogP contribution >= 0.6 is 23.2 Å². The van der Waals surface area contributed by atoms with E-state index in [4.69, 9.17) is 23.2 Å². The molecule has 6 nitrogen and oxygen atoms in total. The molecule has 152 valence electrons. The molecule has 1 aliphatic heterocycles. The van der Waals surface area contributed by atoms with E-state index in [0.717, 1.165) is 20.7 Å². The topological polar surface area (TPSA) is 74.8 Å². The van der Waals surface area contributed by atoms with Crippen molar-refractivity contribution in [2.24, 2.45) is 0 Å². The predicted molar refractivity (Wildman–Crippen MR) is 100 cm³/mol. The molecule has 0 amide bonds. The zero-order chi connectivity index (χ0) is 20.7. The van der Waals surface area contributed by atoms with Gasteiger partial charge in [0.15, 0.2) is 0 Å². The Morgan fingerprint density at radius 1 is 0.750 bits per heavy atom. The Kier molecular flexibility index (Phi) is 6.00. The van der Waals surface area contributed by atoms with E-state index in [2.05, 4.69) is 0 Å². The van der Waals surface area contributed by atoms with Crippen LogP contribution in [-0.2, 0) is 20.0 Å². The van der Waals surface area contributed by atoms with Crippen LogP contribution in [0.2, 0.25) is 10.0 Å². The van der Waals surface area contributed by atoms with Crippen LogP contribution in [0.3, 0.4) is 0 Å². The Labute approximate surface area is 171 Å². The normalized spacial score (nSPS) is 17.0. The van der Waals surface area contributed by atoms with Crippen LogP contribution in [0.15, 0.2) is 46.2 Å². The van der Waals surface area contributed by atoms with Gasteiger partial charge in [-0.2, -0.15) is 8.61 Å². The van der Waals surface area contributed by atoms with Gasteiger partial charge in [0.2, 0.25) is 20.0 Å². The van der Waals surface area contributed by atoms with Crippen LogP contribution < -0.4 is 0 Å². The molecule has 0 saturated carbocycles. The second kappa shape index (κ2) is 7.85. The molecular formula is C16H14Cl2F2N2O4S2. The lowest BCUT2D eigenvalue weighted by atomic mass is 10.3. The van der Waals surface area contributed by atoms with Crippen molar-refractivity contribution in [1.82, 2.24) is 8.61 Å². The smallest absolute Gasteiger partial charge is 0.207 e. The van der Waals surface area contributed by atoms with Crippen LogP contribution in [-0.4, -0.2) is 51.6 Å². The maximum Gasteiger partial charge on any atom is 0.246 e. The van der Waals surface area contributed by atoms with Crippen LogP contribution in [0.25, 0.3) is 0 Å². The average molecular weight is 471 g/mol. The van der Waals surface area contributed by atoms with E-state index in [1.807, 2.05) is 0 Å². The van der Waals surface area contributed by atoms with Gasteiger partial charge in [0.05, 0.1) is 14.9 Å². The molecule has 0 aromatic heterocycles. The van der Waals surface area contributed by atoms with Gasteiger partial charge in [-0.25, -0.2) is 25.6 Å². The van der Waals surface area contributed by atoms with Gasteiger partial charge in [0.1, 0.15) is 16.5 Å². The fraction of sp³-hybridized carbons (Fsp3) is 0.250. The quantitative estimate of drug-likeness (QED) is 0.688. The highest BCUT2D eigenvalue weighted by atomic mass is 35.5. The average Bonchev–Trinajstić information content (AvgIpc) is 2.63. The molecule has 12 heteroatoms. The van der Waals surface area contributed by atoms with Crippen molar-refractivity contribution in [2.45, 2.75) is 9.79 Å². The van der Waals surface area contributed by atoms with E-state index in [0.29, 0.717) is 6.07 Å². The summed E-state index contributed by atoms with van der Waals surface area (Å²) in [6.07, 6.45) is 0. The number of sulfonamides is 2. The van der Waals surface area contributed by atoms with Crippen LogP contribution in [0, 0.1) is 11.6 Å². The SMILES string of the molecule is O=S(=O)(c1ccc(Cl)c(Cl)c1)N1CCN(S(=O)(=O)c2ccc(F)cc2F)CC1. The lowest BCUT2D eigenvalue weighted by Crippen LogP contribution is -2.50. The Balaban J connectivity index is 1.79. The highest BCUT2D eigenvalue weighted by Gasteiger charge is 2.35. The van der Waals surface area contributed by atoms with E-state index in [1.165, 1.54) is 18.2 Å². The van der Waals surface area contributed by atoms with Gasteiger partial charge in [-0.05, 0) is 30.3 Å². The minimum absolute atomic E-state index is 0.0669. The molecule has 1 heterocycles. The standard InChI is InChI=1S/C16H14Cl2F2N2O4S2/c17-13-3-2-12(10-14(13)18)27(23,24)21-5-7-22(8-6-21)28(25,26)16-4-1-11(19)9-15(16)20/h1-4,9-10H,5-8H2. The van der Waals surface area contributed by atoms with Crippen LogP contribution in [0.1, 0.15) is 0 Å². The lowest BCUT2D eigenvalue weighted by molar-refractivity contribution is 0.272. The van der Waals surface area contributed by atoms with Crippen LogP contribution in [0.5, 0.6) is 0 Å². The molecule has 1 aliphatic rings. The molecule has 1 fully saturated rings. The molecule has 2 aromatic rings. The van der Waals surface area contributed by atoms with Gasteiger partial charge in [0.25, 0.3) is 0 Å². The van der Waals surface area contributed by atoms with Crippen molar-refractivity contribution in [2.75, 3.05) is 26.2 Å². The summed E-state index contributed by atoms with van der Waals surface area (Å²) in [6, 6.07) is 6.06. The molecule has 3 rings (SSSR count). The number of hydrogen-bond acceptors (Lipinski definition) is 4. The predicted octanol–water partition coefficient (Wildman–Crippen LogP) is 2.97. The molecule has 0 spiro atoms. The number of benzene rings is 2. The number of hydrogen-bond donors (Lipinski definition) is 0. The van der Waals surface area contributed by atoms with Gasteiger partial charge in [0, 0.05) is 32.2 Å². The third kappa shape index (κ3) is 4.03. The summed E-state index contributed by atoms with van der Waals surface area (Å²) >= 11 is 11.7. The summed E-state index contributed by atoms with van der Waals surface area (Å²) in [6.45, 7) is -0.630. The minimum atomic E-state index is -4.22. The zero-order valence-corrected chi connectivity index (χ0v) is 17.3. The third-order valence-electron chi connectivity index (χ3n) is 4.24. The summed E-state index contributed by atoms with van der Waals surface area (Å²) in [5, 5.41) is 0.286. The Hall–Kier alpha value is -1.30. The van der Waals surface area contributed by atoms with Gasteiger partial charge < -0.3 is 0 Å². The molecule has 0 bridgehead atoms. The first-order chi connectivity index (χ1) is 13.0. The van der Waals surface area contributed by atoms with Crippen molar-refractivity contribution in [1.29, 1.82) is 0 Å². The maximum atomic E-state index is 13.9. The minimum Gasteiger partial charge on any atom is -0.207 e. The third-order valence-corrected chi connectivity index (χ3v) is 8.80. The summed E-state index contributed by atoms with van der Waals surface area (Å²) < 4.78 is 79.6. The molecule has 0 aliphatic carbocycles. The number of nitrogens with zero attached hydrogens (tertiary/aromatic N) is 2. The summed E-state index contributed by atoms with van der Waals surface area (Å²) in [7, 11) is -8.13. The van der Waals surface area contributed by atoms with E-state index in [9.17, 15) is 25.6 Å². The van der Waals surface area contributed by atoms with E-state index < -0.39 is 36.6 Å². The Morgan fingerprint density at radius 2 is 1.32 bits per heavy atom. The molecule has 1 saturated heterocycles. The molecule has 0 unspecified atom stereocenters. The Morgan fingerprint density at radius 3 is 1.86 bits per heavy atom. The Bertz CT molecular complexity index is 1120.